The fraction of sp³-hybridized carbons (Fsp3) is 0.333. The molecule has 15 heavy (non-hydrogen) atoms. The second-order valence-electron chi connectivity index (χ2n) is 2.80. The Kier molecular flexibility index (Phi) is 4.19. The van der Waals surface area contributed by atoms with Gasteiger partial charge in [-0.2, -0.15) is 0 Å². The number of ether oxygens (including phenoxy) is 1. The van der Waals surface area contributed by atoms with Crippen LogP contribution in [0.1, 0.15) is 11.8 Å². The molecule has 0 aliphatic carbocycles. The molecular weight excluding hydrogens is 266 g/mol. The third-order valence-electron chi connectivity index (χ3n) is 1.78. The number of halogens is 1. The van der Waals surface area contributed by atoms with Crippen molar-refractivity contribution in [2.75, 3.05) is 7.11 Å². The van der Waals surface area contributed by atoms with E-state index in [1.165, 1.54) is 6.07 Å². The summed E-state index contributed by atoms with van der Waals surface area (Å²) < 4.78 is 4.81. The summed E-state index contributed by atoms with van der Waals surface area (Å²) in [6.07, 6.45) is -3.02. The summed E-state index contributed by atoms with van der Waals surface area (Å²) in [5.41, 5.74) is 0.197. The second kappa shape index (κ2) is 5.20. The minimum atomic E-state index is -1.63. The number of hydrogen-bond acceptors (Lipinski definition) is 5. The number of methoxy groups -OCH3 is 1. The van der Waals surface area contributed by atoms with Gasteiger partial charge in [0.05, 0.1) is 12.8 Å². The Labute approximate surface area is 94.8 Å². The maximum absolute atomic E-state index is 10.9. The fourth-order valence-electron chi connectivity index (χ4n) is 1.00. The minimum absolute atomic E-state index is 0.197. The van der Waals surface area contributed by atoms with E-state index in [1.54, 1.807) is 12.1 Å². The van der Waals surface area contributed by atoms with E-state index in [9.17, 15) is 15.0 Å². The summed E-state index contributed by atoms with van der Waals surface area (Å²) in [5.74, 6) is -0.899. The van der Waals surface area contributed by atoms with Crippen LogP contribution in [0.3, 0.4) is 0 Å². The lowest BCUT2D eigenvalue weighted by Gasteiger charge is -2.14. The number of aliphatic hydroxyl groups is 2. The molecule has 0 aliphatic rings. The van der Waals surface area contributed by atoms with Gasteiger partial charge in [-0.25, -0.2) is 9.78 Å². The van der Waals surface area contributed by atoms with Gasteiger partial charge in [-0.3, -0.25) is 0 Å². The summed E-state index contributed by atoms with van der Waals surface area (Å²) in [5, 5.41) is 18.9. The molecule has 0 radical (unpaired) electrons. The van der Waals surface area contributed by atoms with E-state index in [-0.39, 0.29) is 5.69 Å². The summed E-state index contributed by atoms with van der Waals surface area (Å²) in [4.78, 5) is 14.8. The number of aromatic nitrogens is 1. The molecule has 0 amide bonds. The van der Waals surface area contributed by atoms with Crippen LogP contribution < -0.4 is 0 Å². The molecule has 1 rings (SSSR count). The molecule has 82 valence electrons. The molecule has 1 aromatic heterocycles. The van der Waals surface area contributed by atoms with Crippen molar-refractivity contribution in [1.82, 2.24) is 4.98 Å². The Morgan fingerprint density at radius 2 is 2.20 bits per heavy atom. The first-order valence-corrected chi connectivity index (χ1v) is 4.92. The lowest BCUT2D eigenvalue weighted by atomic mass is 10.1. The van der Waals surface area contributed by atoms with Gasteiger partial charge in [-0.15, -0.1) is 0 Å². The molecule has 1 heterocycles. The quantitative estimate of drug-likeness (QED) is 0.617. The van der Waals surface area contributed by atoms with E-state index in [1.807, 2.05) is 0 Å². The van der Waals surface area contributed by atoms with Crippen molar-refractivity contribution < 1.29 is 19.7 Å². The van der Waals surface area contributed by atoms with Crippen molar-refractivity contribution in [2.24, 2.45) is 0 Å². The monoisotopic (exact) mass is 275 g/mol. The van der Waals surface area contributed by atoms with E-state index in [0.29, 0.717) is 4.60 Å². The molecule has 1 aromatic rings. The van der Waals surface area contributed by atoms with Crippen LogP contribution in [0.25, 0.3) is 0 Å². The lowest BCUT2D eigenvalue weighted by molar-refractivity contribution is -0.157. The predicted octanol–water partition coefficient (Wildman–Crippen LogP) is 0.411. The normalized spacial score (nSPS) is 14.4. The standard InChI is InChI=1S/C9H10BrNO4/c1-15-9(14)8(13)7(12)5-3-2-4-6(10)11-5/h2-4,7-8,12-13H,1H3. The van der Waals surface area contributed by atoms with E-state index in [4.69, 9.17) is 0 Å². The van der Waals surface area contributed by atoms with Gasteiger partial charge in [0.2, 0.25) is 0 Å². The van der Waals surface area contributed by atoms with Gasteiger partial charge in [0.15, 0.2) is 6.10 Å². The first kappa shape index (κ1) is 12.1. The van der Waals surface area contributed by atoms with Crippen molar-refractivity contribution in [3.63, 3.8) is 0 Å². The van der Waals surface area contributed by atoms with E-state index in [0.717, 1.165) is 7.11 Å². The van der Waals surface area contributed by atoms with Gasteiger partial charge in [0.1, 0.15) is 10.7 Å². The highest BCUT2D eigenvalue weighted by molar-refractivity contribution is 9.10. The van der Waals surface area contributed by atoms with Crippen LogP contribution in [0.5, 0.6) is 0 Å². The van der Waals surface area contributed by atoms with Crippen molar-refractivity contribution >= 4 is 21.9 Å². The average Bonchev–Trinajstić information content (AvgIpc) is 2.26. The average molecular weight is 276 g/mol. The highest BCUT2D eigenvalue weighted by atomic mass is 79.9. The molecule has 0 saturated carbocycles. The van der Waals surface area contributed by atoms with E-state index < -0.39 is 18.2 Å². The zero-order chi connectivity index (χ0) is 11.4. The zero-order valence-corrected chi connectivity index (χ0v) is 9.51. The van der Waals surface area contributed by atoms with Crippen LogP contribution in [0, 0.1) is 0 Å². The minimum Gasteiger partial charge on any atom is -0.467 e. The molecule has 2 N–H and O–H groups in total. The summed E-state index contributed by atoms with van der Waals surface area (Å²) >= 11 is 3.11. The van der Waals surface area contributed by atoms with Gasteiger partial charge in [0.25, 0.3) is 0 Å². The van der Waals surface area contributed by atoms with Crippen molar-refractivity contribution in [2.45, 2.75) is 12.2 Å². The first-order valence-electron chi connectivity index (χ1n) is 4.12. The molecule has 2 unspecified atom stereocenters. The van der Waals surface area contributed by atoms with Crippen LogP contribution in [-0.2, 0) is 9.53 Å². The van der Waals surface area contributed by atoms with Crippen molar-refractivity contribution in [3.05, 3.63) is 28.5 Å². The van der Waals surface area contributed by atoms with Crippen LogP contribution in [0.4, 0.5) is 0 Å². The molecule has 0 fully saturated rings. The maximum Gasteiger partial charge on any atom is 0.337 e. The Bertz CT molecular complexity index is 358. The Morgan fingerprint density at radius 1 is 1.53 bits per heavy atom. The second-order valence-corrected chi connectivity index (χ2v) is 3.61. The van der Waals surface area contributed by atoms with Gasteiger partial charge in [0, 0.05) is 0 Å². The highest BCUT2D eigenvalue weighted by Gasteiger charge is 2.27. The number of rotatable bonds is 3. The molecular formula is C9H10BrNO4. The molecule has 0 saturated heterocycles. The molecule has 0 aromatic carbocycles. The third kappa shape index (κ3) is 2.98. The van der Waals surface area contributed by atoms with Gasteiger partial charge in [-0.1, -0.05) is 6.07 Å². The number of pyridine rings is 1. The van der Waals surface area contributed by atoms with Gasteiger partial charge in [-0.05, 0) is 28.1 Å². The van der Waals surface area contributed by atoms with Crippen molar-refractivity contribution in [3.8, 4) is 0 Å². The molecule has 6 heteroatoms. The Hall–Kier alpha value is -0.980. The largest absolute Gasteiger partial charge is 0.467 e. The topological polar surface area (TPSA) is 79.7 Å². The fourth-order valence-corrected chi connectivity index (χ4v) is 1.36. The Morgan fingerprint density at radius 3 is 2.73 bits per heavy atom. The molecule has 0 bridgehead atoms. The first-order chi connectivity index (χ1) is 7.06. The highest BCUT2D eigenvalue weighted by Crippen LogP contribution is 2.17. The summed E-state index contributed by atoms with van der Waals surface area (Å²) in [7, 11) is 1.13. The van der Waals surface area contributed by atoms with Crippen LogP contribution in [-0.4, -0.2) is 34.4 Å². The Balaban J connectivity index is 2.84. The molecule has 0 aliphatic heterocycles. The third-order valence-corrected chi connectivity index (χ3v) is 2.22. The van der Waals surface area contributed by atoms with Gasteiger partial charge < -0.3 is 14.9 Å². The predicted molar refractivity (Wildman–Crippen MR) is 54.9 cm³/mol. The number of aliphatic hydroxyl groups excluding tert-OH is 2. The SMILES string of the molecule is COC(=O)C(O)C(O)c1cccc(Br)n1. The smallest absolute Gasteiger partial charge is 0.337 e. The summed E-state index contributed by atoms with van der Waals surface area (Å²) in [6, 6.07) is 4.81. The number of nitrogens with zero attached hydrogens (tertiary/aromatic N) is 1. The maximum atomic E-state index is 10.9. The van der Waals surface area contributed by atoms with Crippen LogP contribution in [0.2, 0.25) is 0 Å². The van der Waals surface area contributed by atoms with Crippen molar-refractivity contribution in [1.29, 1.82) is 0 Å². The lowest BCUT2D eigenvalue weighted by Crippen LogP contribution is -2.29. The molecule has 2 atom stereocenters. The number of esters is 1. The number of carbonyl (C=O) groups is 1. The van der Waals surface area contributed by atoms with Crippen LogP contribution in [0.15, 0.2) is 22.8 Å². The molecule has 5 nitrogen and oxygen atoms in total. The van der Waals surface area contributed by atoms with Crippen LogP contribution >= 0.6 is 15.9 Å². The zero-order valence-electron chi connectivity index (χ0n) is 7.92. The summed E-state index contributed by atoms with van der Waals surface area (Å²) in [6.45, 7) is 0. The molecule has 0 spiro atoms. The number of carbonyl (C=O) groups excluding carboxylic acids is 1. The van der Waals surface area contributed by atoms with E-state index >= 15 is 0 Å². The number of hydrogen-bond donors (Lipinski definition) is 2. The van der Waals surface area contributed by atoms with Gasteiger partial charge >= 0.3 is 5.97 Å². The van der Waals surface area contributed by atoms with E-state index in [2.05, 4.69) is 25.7 Å².